The highest BCUT2D eigenvalue weighted by atomic mass is 16.8. The summed E-state index contributed by atoms with van der Waals surface area (Å²) in [6.45, 7) is 0. The van der Waals surface area contributed by atoms with E-state index in [1.54, 1.807) is 5.59 Å². The number of hydrogen-bond acceptors (Lipinski definition) is 5. The molecule has 1 aliphatic rings. The number of carbonyl (C=O) groups is 2. The number of nitrogens with zero attached hydrogens (tertiary/aromatic N) is 1. The molecule has 0 aromatic carbocycles. The molecular weight excluding hydrogens is 138 g/mol. The number of hydroxylamine groups is 2. The second-order valence-electron chi connectivity index (χ2n) is 1.51. The van der Waals surface area contributed by atoms with Crippen LogP contribution in [0.5, 0.6) is 0 Å². The second kappa shape index (κ2) is 2.56. The molecular formula is C4H5N3O3. The first-order valence-electron chi connectivity index (χ1n) is 2.44. The zero-order chi connectivity index (χ0) is 7.56. The van der Waals surface area contributed by atoms with Gasteiger partial charge in [0.05, 0.1) is 0 Å². The van der Waals surface area contributed by atoms with Gasteiger partial charge in [0.1, 0.15) is 0 Å². The molecule has 0 atom stereocenters. The van der Waals surface area contributed by atoms with Gasteiger partial charge in [-0.25, -0.2) is 5.84 Å². The maximum atomic E-state index is 10.6. The smallest absolute Gasteiger partial charge is 0.267 e. The maximum absolute atomic E-state index is 10.6. The van der Waals surface area contributed by atoms with Gasteiger partial charge in [0.15, 0.2) is 0 Å². The van der Waals surface area contributed by atoms with Crippen LogP contribution in [0.25, 0.3) is 0 Å². The molecule has 0 unspecified atom stereocenters. The zero-order valence-corrected chi connectivity index (χ0v) is 4.90. The van der Waals surface area contributed by atoms with Gasteiger partial charge in [-0.05, 0) is 0 Å². The Kier molecular flexibility index (Phi) is 1.76. The number of imide groups is 1. The minimum atomic E-state index is -0.553. The van der Waals surface area contributed by atoms with Crippen molar-refractivity contribution in [2.45, 2.75) is 0 Å². The standard InChI is InChI=1S/C4H5N3O3/c5-6-10-7-3(8)1-2-4(7)9/h1-2,6H,5H2. The molecule has 54 valence electrons. The van der Waals surface area contributed by atoms with Gasteiger partial charge in [-0.2, -0.15) is 4.94 Å². The zero-order valence-electron chi connectivity index (χ0n) is 4.90. The maximum Gasteiger partial charge on any atom is 0.279 e. The van der Waals surface area contributed by atoms with E-state index < -0.39 is 11.8 Å². The van der Waals surface area contributed by atoms with Crippen molar-refractivity contribution in [3.63, 3.8) is 0 Å². The fourth-order valence-corrected chi connectivity index (χ4v) is 0.529. The largest absolute Gasteiger partial charge is 0.279 e. The summed E-state index contributed by atoms with van der Waals surface area (Å²) in [6.07, 6.45) is 2.17. The van der Waals surface area contributed by atoms with Crippen LogP contribution in [-0.2, 0) is 14.5 Å². The molecule has 6 heteroatoms. The van der Waals surface area contributed by atoms with Gasteiger partial charge in [-0.1, -0.05) is 0 Å². The summed E-state index contributed by atoms with van der Waals surface area (Å²) >= 11 is 0. The predicted octanol–water partition coefficient (Wildman–Crippen LogP) is -1.78. The van der Waals surface area contributed by atoms with Crippen molar-refractivity contribution in [3.05, 3.63) is 12.2 Å². The molecule has 1 aliphatic heterocycles. The molecule has 3 N–H and O–H groups in total. The van der Waals surface area contributed by atoms with E-state index in [9.17, 15) is 9.59 Å². The van der Waals surface area contributed by atoms with Crippen molar-refractivity contribution in [2.75, 3.05) is 0 Å². The molecule has 10 heavy (non-hydrogen) atoms. The Hall–Kier alpha value is -1.24. The van der Waals surface area contributed by atoms with Gasteiger partial charge in [-0.15, -0.1) is 10.7 Å². The van der Waals surface area contributed by atoms with Crippen LogP contribution >= 0.6 is 0 Å². The number of carbonyl (C=O) groups excluding carboxylic acids is 2. The lowest BCUT2D eigenvalue weighted by Crippen LogP contribution is -2.38. The van der Waals surface area contributed by atoms with Gasteiger partial charge < -0.3 is 0 Å². The first-order valence-corrected chi connectivity index (χ1v) is 2.44. The van der Waals surface area contributed by atoms with Crippen molar-refractivity contribution < 1.29 is 14.5 Å². The van der Waals surface area contributed by atoms with Crippen molar-refractivity contribution >= 4 is 11.8 Å². The Morgan fingerprint density at radius 1 is 1.40 bits per heavy atom. The lowest BCUT2D eigenvalue weighted by atomic mass is 10.6. The normalized spacial score (nSPS) is 17.1. The summed E-state index contributed by atoms with van der Waals surface area (Å²) in [7, 11) is 0. The average Bonchev–Trinajstić information content (AvgIpc) is 2.20. The molecule has 1 rings (SSSR count). The van der Waals surface area contributed by atoms with Crippen LogP contribution < -0.4 is 11.4 Å². The molecule has 0 saturated carbocycles. The monoisotopic (exact) mass is 143 g/mol. The SMILES string of the molecule is NNON1C(=O)C=CC1=O. The lowest BCUT2D eigenvalue weighted by Gasteiger charge is -2.09. The lowest BCUT2D eigenvalue weighted by molar-refractivity contribution is -0.207. The summed E-state index contributed by atoms with van der Waals surface area (Å²) < 4.78 is 0. The molecule has 6 nitrogen and oxygen atoms in total. The summed E-state index contributed by atoms with van der Waals surface area (Å²) in [6, 6.07) is 0. The third-order valence-corrected chi connectivity index (χ3v) is 0.913. The highest BCUT2D eigenvalue weighted by molar-refractivity contribution is 6.11. The molecule has 0 aliphatic carbocycles. The van der Waals surface area contributed by atoms with Gasteiger partial charge in [0, 0.05) is 12.2 Å². The van der Waals surface area contributed by atoms with E-state index >= 15 is 0 Å². The Morgan fingerprint density at radius 2 is 1.90 bits per heavy atom. The van der Waals surface area contributed by atoms with Gasteiger partial charge in [0.2, 0.25) is 0 Å². The number of rotatable bonds is 2. The molecule has 0 saturated heterocycles. The van der Waals surface area contributed by atoms with Crippen molar-refractivity contribution in [1.82, 2.24) is 10.7 Å². The predicted molar refractivity (Wildman–Crippen MR) is 29.4 cm³/mol. The summed E-state index contributed by atoms with van der Waals surface area (Å²) in [4.78, 5) is 25.4. The van der Waals surface area contributed by atoms with Crippen LogP contribution in [0.4, 0.5) is 0 Å². The Morgan fingerprint density at radius 3 is 2.30 bits per heavy atom. The first kappa shape index (κ1) is 6.87. The third kappa shape index (κ3) is 1.03. The molecule has 1 heterocycles. The van der Waals surface area contributed by atoms with Crippen LogP contribution in [0.1, 0.15) is 0 Å². The molecule has 0 bridgehead atoms. The van der Waals surface area contributed by atoms with Crippen LogP contribution in [0.15, 0.2) is 12.2 Å². The van der Waals surface area contributed by atoms with Crippen LogP contribution in [0.2, 0.25) is 0 Å². The fourth-order valence-electron chi connectivity index (χ4n) is 0.529. The van der Waals surface area contributed by atoms with Crippen molar-refractivity contribution in [2.24, 2.45) is 5.84 Å². The van der Waals surface area contributed by atoms with Gasteiger partial charge in [-0.3, -0.25) is 9.59 Å². The molecule has 0 radical (unpaired) electrons. The van der Waals surface area contributed by atoms with Gasteiger partial charge in [0.25, 0.3) is 11.8 Å². The van der Waals surface area contributed by atoms with Gasteiger partial charge >= 0.3 is 0 Å². The number of nitrogens with two attached hydrogens (primary N) is 1. The quantitative estimate of drug-likeness (QED) is 0.271. The number of nitrogens with one attached hydrogen (secondary N) is 1. The molecule has 0 aromatic rings. The number of hydrogen-bond donors (Lipinski definition) is 2. The fraction of sp³-hybridized carbons (Fsp3) is 0. The summed E-state index contributed by atoms with van der Waals surface area (Å²) in [5, 5.41) is 0.500. The molecule has 0 spiro atoms. The summed E-state index contributed by atoms with van der Waals surface area (Å²) in [5.41, 5.74) is 1.71. The van der Waals surface area contributed by atoms with E-state index in [0.29, 0.717) is 5.06 Å². The van der Waals surface area contributed by atoms with E-state index in [0.717, 1.165) is 12.2 Å². The highest BCUT2D eigenvalue weighted by Crippen LogP contribution is 2.00. The topological polar surface area (TPSA) is 84.7 Å². The van der Waals surface area contributed by atoms with E-state index in [4.69, 9.17) is 0 Å². The average molecular weight is 143 g/mol. The van der Waals surface area contributed by atoms with Crippen LogP contribution in [0.3, 0.4) is 0 Å². The Balaban J connectivity index is 2.60. The van der Waals surface area contributed by atoms with E-state index in [2.05, 4.69) is 10.8 Å². The molecule has 0 aromatic heterocycles. The second-order valence-corrected chi connectivity index (χ2v) is 1.51. The van der Waals surface area contributed by atoms with Crippen LogP contribution in [-0.4, -0.2) is 16.9 Å². The molecule has 0 fully saturated rings. The number of hydrazine groups is 1. The van der Waals surface area contributed by atoms with Crippen molar-refractivity contribution in [3.8, 4) is 0 Å². The van der Waals surface area contributed by atoms with E-state index in [-0.39, 0.29) is 0 Å². The summed E-state index contributed by atoms with van der Waals surface area (Å²) in [5.74, 6) is 3.58. The number of amides is 2. The molecule has 2 amide bonds. The van der Waals surface area contributed by atoms with E-state index in [1.165, 1.54) is 0 Å². The van der Waals surface area contributed by atoms with E-state index in [1.807, 2.05) is 0 Å². The van der Waals surface area contributed by atoms with Crippen molar-refractivity contribution in [1.29, 1.82) is 0 Å². The Labute approximate surface area is 56.1 Å². The minimum Gasteiger partial charge on any atom is -0.267 e. The first-order chi connectivity index (χ1) is 4.75. The van der Waals surface area contributed by atoms with Crippen LogP contribution in [0, 0.1) is 0 Å². The third-order valence-electron chi connectivity index (χ3n) is 0.913. The Bertz CT molecular complexity index is 182. The minimum absolute atomic E-state index is 0.500. The highest BCUT2D eigenvalue weighted by Gasteiger charge is 2.24.